The van der Waals surface area contributed by atoms with Gasteiger partial charge in [-0.15, -0.1) is 0 Å². The lowest BCUT2D eigenvalue weighted by molar-refractivity contribution is -0.117. The normalized spacial score (nSPS) is 17.3. The summed E-state index contributed by atoms with van der Waals surface area (Å²) in [5.41, 5.74) is 2.06. The molecule has 1 saturated carbocycles. The molecule has 1 amide bonds. The number of hydrogen-bond donors (Lipinski definition) is 2. The SMILES string of the molecule is C/C(=C/C(=O)NC(CO)c1ccccc1)C1CC1. The van der Waals surface area contributed by atoms with E-state index >= 15 is 0 Å². The third-order valence-electron chi connectivity index (χ3n) is 3.28. The fourth-order valence-electron chi connectivity index (χ4n) is 2.00. The smallest absolute Gasteiger partial charge is 0.244 e. The Morgan fingerprint density at radius 2 is 2.11 bits per heavy atom. The van der Waals surface area contributed by atoms with Crippen LogP contribution < -0.4 is 5.32 Å². The number of aliphatic hydroxyl groups is 1. The summed E-state index contributed by atoms with van der Waals surface area (Å²) in [6.45, 7) is 1.90. The Morgan fingerprint density at radius 1 is 1.44 bits per heavy atom. The molecular formula is C15H19NO2. The van der Waals surface area contributed by atoms with E-state index in [-0.39, 0.29) is 18.6 Å². The maximum absolute atomic E-state index is 11.8. The molecule has 0 radical (unpaired) electrons. The Bertz CT molecular complexity index is 435. The Hall–Kier alpha value is -1.61. The lowest BCUT2D eigenvalue weighted by Gasteiger charge is -2.15. The molecule has 3 heteroatoms. The van der Waals surface area contributed by atoms with E-state index in [0.29, 0.717) is 5.92 Å². The third-order valence-corrected chi connectivity index (χ3v) is 3.28. The number of aliphatic hydroxyl groups excluding tert-OH is 1. The van der Waals surface area contributed by atoms with Crippen molar-refractivity contribution in [3.8, 4) is 0 Å². The van der Waals surface area contributed by atoms with Crippen LogP contribution in [0.1, 0.15) is 31.4 Å². The van der Waals surface area contributed by atoms with Crippen molar-refractivity contribution in [1.82, 2.24) is 5.32 Å². The van der Waals surface area contributed by atoms with Crippen LogP contribution in [-0.2, 0) is 4.79 Å². The molecule has 1 fully saturated rings. The second-order valence-corrected chi connectivity index (χ2v) is 4.82. The van der Waals surface area contributed by atoms with Gasteiger partial charge in [0.1, 0.15) is 0 Å². The van der Waals surface area contributed by atoms with Gasteiger partial charge in [0.25, 0.3) is 0 Å². The first kappa shape index (κ1) is 12.8. The first-order valence-electron chi connectivity index (χ1n) is 6.35. The molecule has 1 aliphatic rings. The minimum atomic E-state index is -0.332. The van der Waals surface area contributed by atoms with Crippen molar-refractivity contribution >= 4 is 5.91 Å². The lowest BCUT2D eigenvalue weighted by atomic mass is 10.1. The zero-order chi connectivity index (χ0) is 13.0. The summed E-state index contributed by atoms with van der Waals surface area (Å²) in [5, 5.41) is 12.2. The van der Waals surface area contributed by atoms with Crippen molar-refractivity contribution in [2.45, 2.75) is 25.8 Å². The standard InChI is InChI=1S/C15H19NO2/c1-11(12-7-8-12)9-15(18)16-14(10-17)13-5-3-2-4-6-13/h2-6,9,12,14,17H,7-8,10H2,1H3,(H,16,18)/b11-9-. The zero-order valence-corrected chi connectivity index (χ0v) is 10.6. The van der Waals surface area contributed by atoms with Crippen molar-refractivity contribution in [2.75, 3.05) is 6.61 Å². The van der Waals surface area contributed by atoms with Crippen LogP contribution in [0.4, 0.5) is 0 Å². The van der Waals surface area contributed by atoms with Crippen molar-refractivity contribution in [2.24, 2.45) is 5.92 Å². The quantitative estimate of drug-likeness (QED) is 0.781. The molecule has 96 valence electrons. The summed E-state index contributed by atoms with van der Waals surface area (Å²) in [7, 11) is 0. The van der Waals surface area contributed by atoms with Gasteiger partial charge in [-0.3, -0.25) is 4.79 Å². The van der Waals surface area contributed by atoms with Gasteiger partial charge in [0.15, 0.2) is 0 Å². The number of hydrogen-bond acceptors (Lipinski definition) is 2. The van der Waals surface area contributed by atoms with Crippen LogP contribution in [0.15, 0.2) is 42.0 Å². The van der Waals surface area contributed by atoms with Gasteiger partial charge in [0.05, 0.1) is 12.6 Å². The highest BCUT2D eigenvalue weighted by molar-refractivity contribution is 5.88. The van der Waals surface area contributed by atoms with E-state index in [1.807, 2.05) is 37.3 Å². The fourth-order valence-corrected chi connectivity index (χ4v) is 2.00. The first-order valence-corrected chi connectivity index (χ1v) is 6.35. The third kappa shape index (κ3) is 3.44. The Labute approximate surface area is 108 Å². The molecule has 0 aliphatic heterocycles. The van der Waals surface area contributed by atoms with E-state index in [2.05, 4.69) is 5.32 Å². The Morgan fingerprint density at radius 3 is 2.67 bits per heavy atom. The Balaban J connectivity index is 1.98. The summed E-state index contributed by atoms with van der Waals surface area (Å²) < 4.78 is 0. The average Bonchev–Trinajstić information content (AvgIpc) is 3.21. The van der Waals surface area contributed by atoms with E-state index in [4.69, 9.17) is 0 Å². The number of benzene rings is 1. The van der Waals surface area contributed by atoms with Crippen molar-refractivity contribution in [1.29, 1.82) is 0 Å². The monoisotopic (exact) mass is 245 g/mol. The highest BCUT2D eigenvalue weighted by Crippen LogP contribution is 2.35. The minimum Gasteiger partial charge on any atom is -0.394 e. The Kier molecular flexibility index (Phi) is 4.15. The van der Waals surface area contributed by atoms with Gasteiger partial charge in [-0.25, -0.2) is 0 Å². The number of carbonyl (C=O) groups excluding carboxylic acids is 1. The maximum Gasteiger partial charge on any atom is 0.244 e. The number of carbonyl (C=O) groups is 1. The van der Waals surface area contributed by atoms with E-state index < -0.39 is 0 Å². The van der Waals surface area contributed by atoms with Gasteiger partial charge in [0, 0.05) is 6.08 Å². The molecule has 3 nitrogen and oxygen atoms in total. The highest BCUT2D eigenvalue weighted by atomic mass is 16.3. The predicted octanol–water partition coefficient (Wildman–Crippen LogP) is 2.19. The first-order chi connectivity index (χ1) is 8.70. The highest BCUT2D eigenvalue weighted by Gasteiger charge is 2.23. The molecule has 1 atom stereocenters. The molecule has 1 unspecified atom stereocenters. The lowest BCUT2D eigenvalue weighted by Crippen LogP contribution is -2.29. The van der Waals surface area contributed by atoms with E-state index in [9.17, 15) is 9.90 Å². The van der Waals surface area contributed by atoms with Crippen LogP contribution in [0.5, 0.6) is 0 Å². The second kappa shape index (κ2) is 5.83. The molecule has 0 bridgehead atoms. The molecule has 0 saturated heterocycles. The van der Waals surface area contributed by atoms with Gasteiger partial charge in [0.2, 0.25) is 5.91 Å². The molecule has 0 heterocycles. The second-order valence-electron chi connectivity index (χ2n) is 4.82. The van der Waals surface area contributed by atoms with Gasteiger partial charge in [-0.05, 0) is 31.2 Å². The number of allylic oxidation sites excluding steroid dienone is 1. The molecule has 2 N–H and O–H groups in total. The summed E-state index contributed by atoms with van der Waals surface area (Å²) in [6.07, 6.45) is 4.04. The largest absolute Gasteiger partial charge is 0.394 e. The number of rotatable bonds is 5. The van der Waals surface area contributed by atoms with Crippen LogP contribution in [0, 0.1) is 5.92 Å². The van der Waals surface area contributed by atoms with Gasteiger partial charge < -0.3 is 10.4 Å². The summed E-state index contributed by atoms with van der Waals surface area (Å²) in [5.74, 6) is 0.474. The molecule has 1 aromatic carbocycles. The van der Waals surface area contributed by atoms with Crippen molar-refractivity contribution in [3.05, 3.63) is 47.5 Å². The van der Waals surface area contributed by atoms with E-state index in [0.717, 1.165) is 11.1 Å². The van der Waals surface area contributed by atoms with Gasteiger partial charge in [-0.1, -0.05) is 35.9 Å². The molecule has 1 aliphatic carbocycles. The predicted molar refractivity (Wildman–Crippen MR) is 70.9 cm³/mol. The zero-order valence-electron chi connectivity index (χ0n) is 10.6. The molecule has 1 aromatic rings. The summed E-state index contributed by atoms with van der Waals surface area (Å²) in [6, 6.07) is 9.18. The van der Waals surface area contributed by atoms with E-state index in [1.54, 1.807) is 6.08 Å². The molecular weight excluding hydrogens is 226 g/mol. The van der Waals surface area contributed by atoms with E-state index in [1.165, 1.54) is 12.8 Å². The summed E-state index contributed by atoms with van der Waals surface area (Å²) >= 11 is 0. The van der Waals surface area contributed by atoms with Crippen LogP contribution in [-0.4, -0.2) is 17.6 Å². The molecule has 18 heavy (non-hydrogen) atoms. The minimum absolute atomic E-state index is 0.0912. The summed E-state index contributed by atoms with van der Waals surface area (Å²) in [4.78, 5) is 11.8. The average molecular weight is 245 g/mol. The molecule has 2 rings (SSSR count). The topological polar surface area (TPSA) is 49.3 Å². The fraction of sp³-hybridized carbons (Fsp3) is 0.400. The number of amides is 1. The van der Waals surface area contributed by atoms with Gasteiger partial charge in [-0.2, -0.15) is 0 Å². The van der Waals surface area contributed by atoms with Crippen molar-refractivity contribution in [3.63, 3.8) is 0 Å². The van der Waals surface area contributed by atoms with Crippen molar-refractivity contribution < 1.29 is 9.90 Å². The van der Waals surface area contributed by atoms with Gasteiger partial charge >= 0.3 is 0 Å². The molecule has 0 aromatic heterocycles. The maximum atomic E-state index is 11.8. The van der Waals surface area contributed by atoms with Crippen LogP contribution in [0.2, 0.25) is 0 Å². The molecule has 0 spiro atoms. The van der Waals surface area contributed by atoms with Crippen LogP contribution in [0.3, 0.4) is 0 Å². The van der Waals surface area contributed by atoms with Crippen LogP contribution >= 0.6 is 0 Å². The van der Waals surface area contributed by atoms with Crippen LogP contribution in [0.25, 0.3) is 0 Å². The number of nitrogens with one attached hydrogen (secondary N) is 1.